The molecule has 0 aromatic rings. The monoisotopic (exact) mass is 228 g/mol. The van der Waals surface area contributed by atoms with Crippen molar-refractivity contribution in [3.63, 3.8) is 0 Å². The van der Waals surface area contributed by atoms with Gasteiger partial charge in [0.25, 0.3) is 0 Å². The van der Waals surface area contributed by atoms with Crippen molar-refractivity contribution < 1.29 is 9.53 Å². The molecule has 4 heteroatoms. The minimum atomic E-state index is 0.198. The molecule has 2 N–H and O–H groups in total. The zero-order valence-electron chi connectivity index (χ0n) is 10.3. The molecule has 1 amide bonds. The molecule has 0 aromatic carbocycles. The van der Waals surface area contributed by atoms with Gasteiger partial charge < -0.3 is 15.4 Å². The standard InChI is InChI=1S/C12H24N2O2/c1-14(12(15)4-2-3-7-13)8-9-16-10-11-5-6-11/h11H,2-10,13H2,1H3. The molecule has 0 atom stereocenters. The summed E-state index contributed by atoms with van der Waals surface area (Å²) in [6.07, 6.45) is 5.05. The van der Waals surface area contributed by atoms with Crippen molar-refractivity contribution in [2.24, 2.45) is 11.7 Å². The Morgan fingerprint density at radius 3 is 2.81 bits per heavy atom. The van der Waals surface area contributed by atoms with E-state index in [0.717, 1.165) is 25.4 Å². The van der Waals surface area contributed by atoms with Crippen LogP contribution in [0, 0.1) is 5.92 Å². The van der Waals surface area contributed by atoms with Crippen LogP contribution < -0.4 is 5.73 Å². The second kappa shape index (κ2) is 7.63. The van der Waals surface area contributed by atoms with Crippen molar-refractivity contribution in [1.82, 2.24) is 4.90 Å². The Kier molecular flexibility index (Phi) is 6.42. The maximum atomic E-state index is 11.6. The Labute approximate surface area is 98.1 Å². The Morgan fingerprint density at radius 1 is 1.44 bits per heavy atom. The predicted molar refractivity (Wildman–Crippen MR) is 64.1 cm³/mol. The van der Waals surface area contributed by atoms with Crippen LogP contribution >= 0.6 is 0 Å². The van der Waals surface area contributed by atoms with Crippen molar-refractivity contribution in [3.8, 4) is 0 Å². The van der Waals surface area contributed by atoms with Gasteiger partial charge in [-0.25, -0.2) is 0 Å². The summed E-state index contributed by atoms with van der Waals surface area (Å²) in [5.74, 6) is 0.994. The van der Waals surface area contributed by atoms with Crippen LogP contribution in [0.2, 0.25) is 0 Å². The molecular formula is C12H24N2O2. The second-order valence-corrected chi connectivity index (χ2v) is 4.58. The van der Waals surface area contributed by atoms with Crippen LogP contribution in [-0.4, -0.2) is 44.2 Å². The van der Waals surface area contributed by atoms with Gasteiger partial charge in [-0.05, 0) is 38.1 Å². The van der Waals surface area contributed by atoms with Crippen LogP contribution in [-0.2, 0) is 9.53 Å². The first-order valence-corrected chi connectivity index (χ1v) is 6.26. The van der Waals surface area contributed by atoms with Crippen molar-refractivity contribution >= 4 is 5.91 Å². The molecule has 0 radical (unpaired) electrons. The highest BCUT2D eigenvalue weighted by Crippen LogP contribution is 2.28. The fraction of sp³-hybridized carbons (Fsp3) is 0.917. The van der Waals surface area contributed by atoms with Crippen LogP contribution in [0.1, 0.15) is 32.1 Å². The average Bonchev–Trinajstić information content (AvgIpc) is 3.08. The number of hydrogen-bond acceptors (Lipinski definition) is 3. The number of likely N-dealkylation sites (N-methyl/N-ethyl adjacent to an activating group) is 1. The third kappa shape index (κ3) is 6.08. The Balaban J connectivity index is 1.94. The third-order valence-corrected chi connectivity index (χ3v) is 2.89. The van der Waals surface area contributed by atoms with E-state index in [2.05, 4.69) is 0 Å². The van der Waals surface area contributed by atoms with Gasteiger partial charge in [0.05, 0.1) is 6.61 Å². The fourth-order valence-corrected chi connectivity index (χ4v) is 1.47. The highest BCUT2D eigenvalue weighted by molar-refractivity contribution is 5.75. The second-order valence-electron chi connectivity index (χ2n) is 4.58. The van der Waals surface area contributed by atoms with Crippen LogP contribution in [0.25, 0.3) is 0 Å². The molecule has 1 saturated carbocycles. The van der Waals surface area contributed by atoms with Gasteiger partial charge in [0.1, 0.15) is 0 Å². The Hall–Kier alpha value is -0.610. The number of hydrogen-bond donors (Lipinski definition) is 1. The summed E-state index contributed by atoms with van der Waals surface area (Å²) in [6, 6.07) is 0. The van der Waals surface area contributed by atoms with Gasteiger partial charge in [0.2, 0.25) is 5.91 Å². The molecule has 94 valence electrons. The summed E-state index contributed by atoms with van der Waals surface area (Å²) in [6.45, 7) is 2.90. The molecule has 1 aliphatic carbocycles. The summed E-state index contributed by atoms with van der Waals surface area (Å²) >= 11 is 0. The number of carbonyl (C=O) groups excluding carboxylic acids is 1. The molecule has 0 unspecified atom stereocenters. The molecule has 0 aliphatic heterocycles. The third-order valence-electron chi connectivity index (χ3n) is 2.89. The summed E-state index contributed by atoms with van der Waals surface area (Å²) < 4.78 is 5.49. The lowest BCUT2D eigenvalue weighted by Gasteiger charge is -2.17. The van der Waals surface area contributed by atoms with E-state index in [4.69, 9.17) is 10.5 Å². The highest BCUT2D eigenvalue weighted by atomic mass is 16.5. The highest BCUT2D eigenvalue weighted by Gasteiger charge is 2.21. The van der Waals surface area contributed by atoms with Gasteiger partial charge in [-0.15, -0.1) is 0 Å². The molecule has 0 aromatic heterocycles. The molecule has 1 aliphatic rings. The van der Waals surface area contributed by atoms with Crippen molar-refractivity contribution in [3.05, 3.63) is 0 Å². The van der Waals surface area contributed by atoms with Gasteiger partial charge >= 0.3 is 0 Å². The van der Waals surface area contributed by atoms with E-state index in [1.807, 2.05) is 7.05 Å². The van der Waals surface area contributed by atoms with E-state index in [-0.39, 0.29) is 5.91 Å². The first-order chi connectivity index (χ1) is 7.74. The number of ether oxygens (including phenoxy) is 1. The van der Waals surface area contributed by atoms with Gasteiger partial charge in [-0.1, -0.05) is 0 Å². The largest absolute Gasteiger partial charge is 0.379 e. The fourth-order valence-electron chi connectivity index (χ4n) is 1.47. The number of rotatable bonds is 9. The Bertz CT molecular complexity index is 205. The molecular weight excluding hydrogens is 204 g/mol. The number of amides is 1. The summed E-state index contributed by atoms with van der Waals surface area (Å²) in [7, 11) is 1.84. The summed E-state index contributed by atoms with van der Waals surface area (Å²) in [5.41, 5.74) is 5.38. The first kappa shape index (κ1) is 13.5. The van der Waals surface area contributed by atoms with Gasteiger partial charge in [-0.2, -0.15) is 0 Å². The zero-order valence-corrected chi connectivity index (χ0v) is 10.3. The normalized spacial score (nSPS) is 15.1. The zero-order chi connectivity index (χ0) is 11.8. The SMILES string of the molecule is CN(CCOCC1CC1)C(=O)CCCCN. The number of unbranched alkanes of at least 4 members (excludes halogenated alkanes) is 1. The van der Waals surface area contributed by atoms with E-state index in [9.17, 15) is 4.79 Å². The van der Waals surface area contributed by atoms with E-state index in [0.29, 0.717) is 26.1 Å². The number of nitrogens with zero attached hydrogens (tertiary/aromatic N) is 1. The van der Waals surface area contributed by atoms with Gasteiger partial charge in [-0.3, -0.25) is 4.79 Å². The average molecular weight is 228 g/mol. The van der Waals surface area contributed by atoms with Crippen molar-refractivity contribution in [1.29, 1.82) is 0 Å². The van der Waals surface area contributed by atoms with Crippen LogP contribution in [0.4, 0.5) is 0 Å². The van der Waals surface area contributed by atoms with Crippen LogP contribution in [0.5, 0.6) is 0 Å². The number of carbonyl (C=O) groups is 1. The van der Waals surface area contributed by atoms with E-state index < -0.39 is 0 Å². The lowest BCUT2D eigenvalue weighted by molar-refractivity contribution is -0.130. The van der Waals surface area contributed by atoms with Gasteiger partial charge in [0.15, 0.2) is 0 Å². The quantitative estimate of drug-likeness (QED) is 0.599. The molecule has 1 rings (SSSR count). The molecule has 1 fully saturated rings. The van der Waals surface area contributed by atoms with E-state index in [1.165, 1.54) is 12.8 Å². The van der Waals surface area contributed by atoms with E-state index in [1.54, 1.807) is 4.90 Å². The maximum Gasteiger partial charge on any atom is 0.222 e. The number of nitrogens with two attached hydrogens (primary N) is 1. The van der Waals surface area contributed by atoms with Crippen molar-refractivity contribution in [2.75, 3.05) is 33.4 Å². The minimum Gasteiger partial charge on any atom is -0.379 e. The lowest BCUT2D eigenvalue weighted by Crippen LogP contribution is -2.30. The predicted octanol–water partition coefficient (Wildman–Crippen LogP) is 1.00. The summed E-state index contributed by atoms with van der Waals surface area (Å²) in [4.78, 5) is 13.3. The van der Waals surface area contributed by atoms with Crippen molar-refractivity contribution in [2.45, 2.75) is 32.1 Å². The molecule has 0 saturated heterocycles. The topological polar surface area (TPSA) is 55.6 Å². The maximum absolute atomic E-state index is 11.6. The Morgan fingerprint density at radius 2 is 2.19 bits per heavy atom. The molecule has 4 nitrogen and oxygen atoms in total. The van der Waals surface area contributed by atoms with Gasteiger partial charge in [0, 0.05) is 26.6 Å². The minimum absolute atomic E-state index is 0.198. The molecule has 0 spiro atoms. The summed E-state index contributed by atoms with van der Waals surface area (Å²) in [5, 5.41) is 0. The van der Waals surface area contributed by atoms with Crippen LogP contribution in [0.3, 0.4) is 0 Å². The first-order valence-electron chi connectivity index (χ1n) is 6.26. The molecule has 0 heterocycles. The molecule has 0 bridgehead atoms. The van der Waals surface area contributed by atoms with Crippen LogP contribution in [0.15, 0.2) is 0 Å². The lowest BCUT2D eigenvalue weighted by atomic mass is 10.2. The smallest absolute Gasteiger partial charge is 0.222 e. The molecule has 16 heavy (non-hydrogen) atoms. The van der Waals surface area contributed by atoms with E-state index >= 15 is 0 Å².